The second-order valence-corrected chi connectivity index (χ2v) is 5.18. The molecule has 3 nitrogen and oxygen atoms in total. The summed E-state index contributed by atoms with van der Waals surface area (Å²) in [5.74, 6) is 1.72. The molecule has 2 rings (SSSR count). The number of hydrogen-bond acceptors (Lipinski definition) is 4. The summed E-state index contributed by atoms with van der Waals surface area (Å²) in [7, 11) is 0. The second-order valence-electron chi connectivity index (χ2n) is 3.38. The maximum absolute atomic E-state index is 5.84. The van der Waals surface area contributed by atoms with Crippen molar-refractivity contribution in [3.63, 3.8) is 0 Å². The van der Waals surface area contributed by atoms with Crippen molar-refractivity contribution in [1.29, 1.82) is 0 Å². The Hall–Kier alpha value is -0.810. The first-order valence-electron chi connectivity index (χ1n) is 5.00. The second kappa shape index (κ2) is 5.50. The fourth-order valence-electron chi connectivity index (χ4n) is 1.38. The summed E-state index contributed by atoms with van der Waals surface area (Å²) < 4.78 is 6.29. The van der Waals surface area contributed by atoms with Gasteiger partial charge in [-0.3, -0.25) is 0 Å². The van der Waals surface area contributed by atoms with Gasteiger partial charge in [-0.05, 0) is 24.3 Å². The van der Waals surface area contributed by atoms with Crippen molar-refractivity contribution in [2.45, 2.75) is 19.6 Å². The standard InChI is InChI=1S/C11H13ClN2OS/c12-11-4-3-10(16-11)7-14-6-9-2-1-8(5-13)15-9/h1-4,14H,5-7,13H2. The average Bonchev–Trinajstić information content (AvgIpc) is 2.88. The molecule has 0 spiro atoms. The number of nitrogens with two attached hydrogens (primary N) is 1. The van der Waals surface area contributed by atoms with E-state index in [4.69, 9.17) is 21.8 Å². The van der Waals surface area contributed by atoms with E-state index in [1.807, 2.05) is 24.3 Å². The van der Waals surface area contributed by atoms with E-state index in [2.05, 4.69) is 5.32 Å². The highest BCUT2D eigenvalue weighted by Gasteiger charge is 2.01. The summed E-state index contributed by atoms with van der Waals surface area (Å²) in [4.78, 5) is 1.22. The third-order valence-corrected chi connectivity index (χ3v) is 3.38. The van der Waals surface area contributed by atoms with Crippen molar-refractivity contribution in [3.8, 4) is 0 Å². The number of thiophene rings is 1. The molecule has 0 saturated heterocycles. The van der Waals surface area contributed by atoms with E-state index >= 15 is 0 Å². The number of hydrogen-bond donors (Lipinski definition) is 2. The zero-order valence-corrected chi connectivity index (χ0v) is 10.3. The van der Waals surface area contributed by atoms with Crippen LogP contribution in [0.25, 0.3) is 0 Å². The molecule has 5 heteroatoms. The van der Waals surface area contributed by atoms with Gasteiger partial charge in [-0.1, -0.05) is 11.6 Å². The van der Waals surface area contributed by atoms with E-state index in [1.165, 1.54) is 4.88 Å². The van der Waals surface area contributed by atoms with Gasteiger partial charge in [0.25, 0.3) is 0 Å². The van der Waals surface area contributed by atoms with Crippen LogP contribution in [-0.2, 0) is 19.6 Å². The average molecular weight is 257 g/mol. The summed E-state index contributed by atoms with van der Waals surface area (Å²) >= 11 is 7.42. The summed E-state index contributed by atoms with van der Waals surface area (Å²) in [6, 6.07) is 7.77. The zero-order chi connectivity index (χ0) is 11.4. The molecule has 0 saturated carbocycles. The minimum absolute atomic E-state index is 0.445. The first kappa shape index (κ1) is 11.7. The van der Waals surface area contributed by atoms with Crippen molar-refractivity contribution in [1.82, 2.24) is 5.32 Å². The van der Waals surface area contributed by atoms with Gasteiger partial charge >= 0.3 is 0 Å². The van der Waals surface area contributed by atoms with Gasteiger partial charge in [-0.2, -0.15) is 0 Å². The summed E-state index contributed by atoms with van der Waals surface area (Å²) in [6.07, 6.45) is 0. The molecule has 2 heterocycles. The van der Waals surface area contributed by atoms with Gasteiger partial charge in [0.05, 0.1) is 17.4 Å². The molecule has 0 aliphatic heterocycles. The molecule has 3 N–H and O–H groups in total. The lowest BCUT2D eigenvalue weighted by atomic mass is 10.4. The molecule has 2 aromatic heterocycles. The number of nitrogens with one attached hydrogen (secondary N) is 1. The number of rotatable bonds is 5. The van der Waals surface area contributed by atoms with Crippen LogP contribution < -0.4 is 11.1 Å². The van der Waals surface area contributed by atoms with E-state index in [0.717, 1.165) is 22.4 Å². The van der Waals surface area contributed by atoms with E-state index in [9.17, 15) is 0 Å². The molecule has 0 aromatic carbocycles. The zero-order valence-electron chi connectivity index (χ0n) is 8.70. The Kier molecular flexibility index (Phi) is 4.01. The molecular weight excluding hydrogens is 244 g/mol. The van der Waals surface area contributed by atoms with Gasteiger partial charge in [0.15, 0.2) is 0 Å². The maximum atomic E-state index is 5.84. The molecule has 16 heavy (non-hydrogen) atoms. The van der Waals surface area contributed by atoms with Crippen LogP contribution in [0.2, 0.25) is 4.34 Å². The lowest BCUT2D eigenvalue weighted by Gasteiger charge is -1.99. The van der Waals surface area contributed by atoms with Gasteiger partial charge in [0.2, 0.25) is 0 Å². The SMILES string of the molecule is NCc1ccc(CNCc2ccc(Cl)s2)o1. The first-order chi connectivity index (χ1) is 7.78. The van der Waals surface area contributed by atoms with Crippen LogP contribution in [0.15, 0.2) is 28.7 Å². The van der Waals surface area contributed by atoms with Crippen molar-refractivity contribution < 1.29 is 4.42 Å². The Morgan fingerprint density at radius 2 is 2.00 bits per heavy atom. The topological polar surface area (TPSA) is 51.2 Å². The van der Waals surface area contributed by atoms with Crippen LogP contribution in [0.5, 0.6) is 0 Å². The van der Waals surface area contributed by atoms with Crippen LogP contribution in [0.4, 0.5) is 0 Å². The minimum Gasteiger partial charge on any atom is -0.463 e. The van der Waals surface area contributed by atoms with Gasteiger partial charge in [0, 0.05) is 11.4 Å². The fourth-order valence-corrected chi connectivity index (χ4v) is 2.44. The quantitative estimate of drug-likeness (QED) is 0.865. The predicted molar refractivity (Wildman–Crippen MR) is 66.5 cm³/mol. The highest BCUT2D eigenvalue weighted by molar-refractivity contribution is 7.16. The smallest absolute Gasteiger partial charge is 0.118 e. The molecule has 2 aromatic rings. The van der Waals surface area contributed by atoms with E-state index in [0.29, 0.717) is 13.1 Å². The lowest BCUT2D eigenvalue weighted by Crippen LogP contribution is -2.11. The largest absolute Gasteiger partial charge is 0.463 e. The van der Waals surface area contributed by atoms with Crippen LogP contribution in [0, 0.1) is 0 Å². The Labute approximate surface area is 103 Å². The Balaban J connectivity index is 1.79. The molecule has 0 unspecified atom stereocenters. The molecule has 0 fully saturated rings. The van der Waals surface area contributed by atoms with Crippen molar-refractivity contribution >= 4 is 22.9 Å². The van der Waals surface area contributed by atoms with Gasteiger partial charge in [-0.25, -0.2) is 0 Å². The van der Waals surface area contributed by atoms with Gasteiger partial charge < -0.3 is 15.5 Å². The maximum Gasteiger partial charge on any atom is 0.118 e. The molecule has 0 aliphatic carbocycles. The summed E-state index contributed by atoms with van der Waals surface area (Å²) in [5, 5.41) is 3.29. The molecule has 0 atom stereocenters. The van der Waals surface area contributed by atoms with Crippen LogP contribution >= 0.6 is 22.9 Å². The molecular formula is C11H13ClN2OS. The van der Waals surface area contributed by atoms with Crippen LogP contribution in [0.1, 0.15) is 16.4 Å². The Bertz CT molecular complexity index is 452. The van der Waals surface area contributed by atoms with Crippen molar-refractivity contribution in [3.05, 3.63) is 45.0 Å². The minimum atomic E-state index is 0.445. The number of halogens is 1. The highest BCUT2D eigenvalue weighted by atomic mass is 35.5. The lowest BCUT2D eigenvalue weighted by molar-refractivity contribution is 0.448. The van der Waals surface area contributed by atoms with Gasteiger partial charge in [0.1, 0.15) is 11.5 Å². The van der Waals surface area contributed by atoms with Crippen LogP contribution in [0.3, 0.4) is 0 Å². The summed E-state index contributed by atoms with van der Waals surface area (Å²) in [5.41, 5.74) is 5.46. The first-order valence-corrected chi connectivity index (χ1v) is 6.20. The van der Waals surface area contributed by atoms with E-state index < -0.39 is 0 Å². The highest BCUT2D eigenvalue weighted by Crippen LogP contribution is 2.21. The normalized spacial score (nSPS) is 10.9. The fraction of sp³-hybridized carbons (Fsp3) is 0.273. The van der Waals surface area contributed by atoms with Crippen molar-refractivity contribution in [2.24, 2.45) is 5.73 Å². The molecule has 86 valence electrons. The van der Waals surface area contributed by atoms with Crippen LogP contribution in [-0.4, -0.2) is 0 Å². The van der Waals surface area contributed by atoms with Gasteiger partial charge in [-0.15, -0.1) is 11.3 Å². The summed E-state index contributed by atoms with van der Waals surface area (Å²) in [6.45, 7) is 1.95. The molecule has 0 radical (unpaired) electrons. The predicted octanol–water partition coefficient (Wildman–Crippen LogP) is 2.74. The molecule has 0 aliphatic rings. The van der Waals surface area contributed by atoms with Crippen molar-refractivity contribution in [2.75, 3.05) is 0 Å². The molecule has 0 amide bonds. The van der Waals surface area contributed by atoms with E-state index in [1.54, 1.807) is 11.3 Å². The van der Waals surface area contributed by atoms with E-state index in [-0.39, 0.29) is 0 Å². The third-order valence-electron chi connectivity index (χ3n) is 2.15. The molecule has 0 bridgehead atoms. The number of furan rings is 1. The Morgan fingerprint density at radius 3 is 2.62 bits per heavy atom. The Morgan fingerprint density at radius 1 is 1.19 bits per heavy atom. The monoisotopic (exact) mass is 256 g/mol. The third kappa shape index (κ3) is 3.09.